The zero-order valence-corrected chi connectivity index (χ0v) is 22.3. The van der Waals surface area contributed by atoms with Crippen LogP contribution in [0, 0.1) is 5.41 Å². The average molecular weight is 574 g/mol. The molecule has 2 saturated heterocycles. The molecule has 2 atom stereocenters. The van der Waals surface area contributed by atoms with Crippen molar-refractivity contribution in [3.63, 3.8) is 0 Å². The van der Waals surface area contributed by atoms with Crippen molar-refractivity contribution in [2.75, 3.05) is 46.2 Å². The van der Waals surface area contributed by atoms with Crippen LogP contribution in [0.15, 0.2) is 14.4 Å². The highest BCUT2D eigenvalue weighted by Crippen LogP contribution is 2.26. The maximum atomic E-state index is 12.8. The van der Waals surface area contributed by atoms with Gasteiger partial charge in [-0.2, -0.15) is 0 Å². The number of ether oxygens (including phenoxy) is 5. The fourth-order valence-electron chi connectivity index (χ4n) is 3.75. The molecule has 2 N–H and O–H groups in total. The topological polar surface area (TPSA) is 210 Å². The normalized spacial score (nSPS) is 19.1. The van der Waals surface area contributed by atoms with E-state index in [4.69, 9.17) is 33.9 Å². The molecular formula is C24H35N3O13. The molecule has 3 rings (SSSR count). The van der Waals surface area contributed by atoms with E-state index in [2.05, 4.69) is 0 Å². The van der Waals surface area contributed by atoms with Crippen molar-refractivity contribution in [2.24, 2.45) is 5.41 Å². The molecule has 1 aromatic rings. The Morgan fingerprint density at radius 1 is 0.775 bits per heavy atom. The first-order valence-electron chi connectivity index (χ1n) is 13.0. The van der Waals surface area contributed by atoms with Crippen LogP contribution in [0.2, 0.25) is 0 Å². The third kappa shape index (κ3) is 9.39. The third-order valence-electron chi connectivity index (χ3n) is 6.54. The lowest BCUT2D eigenvalue weighted by molar-refractivity contribution is -0.152. The number of carboxylic acids is 2. The monoisotopic (exact) mass is 573 g/mol. The molecule has 16 heteroatoms. The van der Waals surface area contributed by atoms with E-state index in [1.807, 2.05) is 6.92 Å². The van der Waals surface area contributed by atoms with Crippen molar-refractivity contribution in [2.45, 2.75) is 64.4 Å². The van der Waals surface area contributed by atoms with Crippen LogP contribution >= 0.6 is 0 Å². The molecule has 0 saturated carbocycles. The van der Waals surface area contributed by atoms with Gasteiger partial charge in [0, 0.05) is 19.6 Å². The van der Waals surface area contributed by atoms with Crippen molar-refractivity contribution in [3.05, 3.63) is 31.5 Å². The van der Waals surface area contributed by atoms with Gasteiger partial charge in [-0.15, -0.1) is 0 Å². The number of nitrogens with zero attached hydrogens (tertiary/aromatic N) is 3. The minimum Gasteiger partial charge on any atom is -0.481 e. The predicted molar refractivity (Wildman–Crippen MR) is 133 cm³/mol. The van der Waals surface area contributed by atoms with Crippen LogP contribution in [0.4, 0.5) is 0 Å². The largest absolute Gasteiger partial charge is 0.481 e. The maximum absolute atomic E-state index is 12.8. The standard InChI is InChI=1S/C24H35N3O13/c1-2-24(13-36-9-16-11-38-16,14-37-10-17-12-39-17)15-40-20(32)5-8-27-22(34)25(6-3-18(28)29)21(33)26(23(27)35)7-4-19(30)31/h16-17H,2-15H2,1H3,(H,28,29)(H,30,31). The van der Waals surface area contributed by atoms with Crippen molar-refractivity contribution in [1.82, 2.24) is 13.7 Å². The number of hydrogen-bond donors (Lipinski definition) is 2. The van der Waals surface area contributed by atoms with Gasteiger partial charge in [0.2, 0.25) is 0 Å². The van der Waals surface area contributed by atoms with Gasteiger partial charge in [0.05, 0.1) is 64.3 Å². The first kappa shape index (κ1) is 31.2. The molecule has 16 nitrogen and oxygen atoms in total. The Balaban J connectivity index is 1.68. The number of aromatic nitrogens is 3. The van der Waals surface area contributed by atoms with Crippen LogP contribution < -0.4 is 17.1 Å². The van der Waals surface area contributed by atoms with E-state index < -0.39 is 79.3 Å². The molecule has 224 valence electrons. The minimum absolute atomic E-state index is 0.0505. The summed E-state index contributed by atoms with van der Waals surface area (Å²) in [6.07, 6.45) is -0.934. The van der Waals surface area contributed by atoms with Gasteiger partial charge < -0.3 is 33.9 Å². The average Bonchev–Trinajstić information content (AvgIpc) is 3.83. The molecule has 2 aliphatic heterocycles. The summed E-state index contributed by atoms with van der Waals surface area (Å²) in [4.78, 5) is 72.9. The summed E-state index contributed by atoms with van der Waals surface area (Å²) in [6.45, 7) is 2.83. The van der Waals surface area contributed by atoms with Crippen LogP contribution in [0.5, 0.6) is 0 Å². The molecule has 2 aliphatic rings. The van der Waals surface area contributed by atoms with Crippen LogP contribution in [0.25, 0.3) is 0 Å². The smallest absolute Gasteiger partial charge is 0.336 e. The SMILES string of the molecule is CCC(COCC1CO1)(COCC1CO1)COC(=O)CCn1c(=O)n(CCC(=O)O)c(=O)n(CCC(=O)O)c1=O. The highest BCUT2D eigenvalue weighted by molar-refractivity contribution is 5.69. The van der Waals surface area contributed by atoms with Crippen molar-refractivity contribution in [3.8, 4) is 0 Å². The van der Waals surface area contributed by atoms with Crippen molar-refractivity contribution >= 4 is 17.9 Å². The predicted octanol–water partition coefficient (Wildman–Crippen LogP) is -1.72. The zero-order chi connectivity index (χ0) is 29.3. The molecule has 2 unspecified atom stereocenters. The summed E-state index contributed by atoms with van der Waals surface area (Å²) in [6, 6.07) is 0. The summed E-state index contributed by atoms with van der Waals surface area (Å²) >= 11 is 0. The Labute approximate surface area is 227 Å². The number of esters is 1. The number of rotatable bonds is 20. The second-order valence-corrected chi connectivity index (χ2v) is 9.80. The first-order chi connectivity index (χ1) is 19.0. The van der Waals surface area contributed by atoms with Crippen LogP contribution in [0.3, 0.4) is 0 Å². The van der Waals surface area contributed by atoms with Gasteiger partial charge in [-0.05, 0) is 6.42 Å². The third-order valence-corrected chi connectivity index (χ3v) is 6.54. The van der Waals surface area contributed by atoms with Crippen molar-refractivity contribution < 1.29 is 48.3 Å². The molecule has 0 amide bonds. The quantitative estimate of drug-likeness (QED) is 0.131. The molecule has 0 radical (unpaired) electrons. The number of aliphatic carboxylic acids is 2. The summed E-state index contributed by atoms with van der Waals surface area (Å²) in [5.41, 5.74) is -4.00. The number of carbonyl (C=O) groups excluding carboxylic acids is 1. The summed E-state index contributed by atoms with van der Waals surface area (Å²) in [5.74, 6) is -3.31. The van der Waals surface area contributed by atoms with Gasteiger partial charge in [0.15, 0.2) is 0 Å². The molecule has 0 spiro atoms. The summed E-state index contributed by atoms with van der Waals surface area (Å²) in [5, 5.41) is 17.9. The lowest BCUT2D eigenvalue weighted by atomic mass is 9.88. The van der Waals surface area contributed by atoms with Gasteiger partial charge in [0.1, 0.15) is 18.8 Å². The van der Waals surface area contributed by atoms with Crippen LogP contribution in [0.1, 0.15) is 32.6 Å². The second-order valence-electron chi connectivity index (χ2n) is 9.80. The number of carboxylic acid groups (broad SMARTS) is 2. The van der Waals surface area contributed by atoms with E-state index in [1.54, 1.807) is 0 Å². The number of epoxide rings is 2. The maximum Gasteiger partial charge on any atom is 0.336 e. The van der Waals surface area contributed by atoms with Gasteiger partial charge in [-0.3, -0.25) is 14.4 Å². The lowest BCUT2D eigenvalue weighted by Gasteiger charge is -2.31. The Morgan fingerprint density at radius 3 is 1.52 bits per heavy atom. The van der Waals surface area contributed by atoms with Gasteiger partial charge in [0.25, 0.3) is 0 Å². The highest BCUT2D eigenvalue weighted by atomic mass is 16.6. The van der Waals surface area contributed by atoms with E-state index in [0.717, 1.165) is 0 Å². The molecule has 0 aromatic carbocycles. The minimum atomic E-state index is -1.29. The van der Waals surface area contributed by atoms with E-state index in [9.17, 15) is 28.8 Å². The number of carbonyl (C=O) groups is 3. The molecule has 2 fully saturated rings. The van der Waals surface area contributed by atoms with Crippen molar-refractivity contribution in [1.29, 1.82) is 0 Å². The van der Waals surface area contributed by atoms with Gasteiger partial charge >= 0.3 is 35.0 Å². The van der Waals surface area contributed by atoms with Crippen LogP contribution in [-0.2, 0) is 57.7 Å². The Hall–Kier alpha value is -3.34. The van der Waals surface area contributed by atoms with Crippen LogP contribution in [-0.4, -0.2) is 100 Å². The Kier molecular flexibility index (Phi) is 11.2. The van der Waals surface area contributed by atoms with E-state index in [0.29, 0.717) is 46.5 Å². The van der Waals surface area contributed by atoms with Gasteiger partial charge in [-0.1, -0.05) is 6.92 Å². The molecule has 40 heavy (non-hydrogen) atoms. The Morgan fingerprint density at radius 2 is 1.18 bits per heavy atom. The Bertz CT molecular complexity index is 1150. The fraction of sp³-hybridized carbons (Fsp3) is 0.750. The molecule has 0 aliphatic carbocycles. The zero-order valence-electron chi connectivity index (χ0n) is 22.3. The summed E-state index contributed by atoms with van der Waals surface area (Å²) < 4.78 is 29.0. The second kappa shape index (κ2) is 14.3. The first-order valence-corrected chi connectivity index (χ1v) is 13.0. The number of hydrogen-bond acceptors (Lipinski definition) is 11. The van der Waals surface area contributed by atoms with E-state index in [1.165, 1.54) is 0 Å². The lowest BCUT2D eigenvalue weighted by Crippen LogP contribution is -2.55. The summed E-state index contributed by atoms with van der Waals surface area (Å²) in [7, 11) is 0. The molecule has 0 bridgehead atoms. The molecular weight excluding hydrogens is 538 g/mol. The molecule has 1 aromatic heterocycles. The van der Waals surface area contributed by atoms with E-state index >= 15 is 0 Å². The highest BCUT2D eigenvalue weighted by Gasteiger charge is 2.34. The van der Waals surface area contributed by atoms with Gasteiger partial charge in [-0.25, -0.2) is 28.1 Å². The molecule has 3 heterocycles. The van der Waals surface area contributed by atoms with E-state index in [-0.39, 0.29) is 32.0 Å². The fourth-order valence-corrected chi connectivity index (χ4v) is 3.75.